The summed E-state index contributed by atoms with van der Waals surface area (Å²) in [6.07, 6.45) is 5.72. The van der Waals surface area contributed by atoms with Gasteiger partial charge < -0.3 is 4.57 Å². The molecule has 0 radical (unpaired) electrons. The highest BCUT2D eigenvalue weighted by Gasteiger charge is 2.40. The highest BCUT2D eigenvalue weighted by Crippen LogP contribution is 2.56. The van der Waals surface area contributed by atoms with Crippen LogP contribution in [0, 0.1) is 0 Å². The molecule has 0 fully saturated rings. The summed E-state index contributed by atoms with van der Waals surface area (Å²) in [5.41, 5.74) is 31.6. The van der Waals surface area contributed by atoms with E-state index in [9.17, 15) is 0 Å². The summed E-state index contributed by atoms with van der Waals surface area (Å²) in [4.78, 5) is 59.9. The van der Waals surface area contributed by atoms with Gasteiger partial charge in [0.15, 0.2) is 52.4 Å². The summed E-state index contributed by atoms with van der Waals surface area (Å²) in [5, 5.41) is 14.2. The van der Waals surface area contributed by atoms with Crippen LogP contribution >= 0.6 is 0 Å². The second kappa shape index (κ2) is 35.0. The summed E-state index contributed by atoms with van der Waals surface area (Å²) < 4.78 is 6.92. The molecule has 9 aromatic heterocycles. The average molecular weight is 1930 g/mol. The molecular weight excluding hydrogens is 1830 g/mol. The second-order valence-corrected chi connectivity index (χ2v) is 40.7. The maximum atomic E-state index is 5.08. The van der Waals surface area contributed by atoms with Crippen LogP contribution in [0.1, 0.15) is 74.9 Å². The lowest BCUT2D eigenvalue weighted by atomic mass is 9.82. The van der Waals surface area contributed by atoms with E-state index in [1.165, 1.54) is 115 Å². The molecule has 708 valence electrons. The number of hydrogen-bond donors (Lipinski definition) is 0. The van der Waals surface area contributed by atoms with Gasteiger partial charge in [-0.05, 0) is 202 Å². The van der Waals surface area contributed by atoms with Gasteiger partial charge >= 0.3 is 0 Å². The lowest BCUT2D eigenvalue weighted by Gasteiger charge is -2.21. The molecule has 0 bridgehead atoms. The van der Waals surface area contributed by atoms with Crippen LogP contribution < -0.4 is 0 Å². The predicted molar refractivity (Wildman–Crippen MR) is 610 cm³/mol. The van der Waals surface area contributed by atoms with E-state index in [0.29, 0.717) is 58.1 Å². The number of fused-ring (bicyclic) bond motifs is 21. The molecular formula is C135H93N15. The van der Waals surface area contributed by atoms with Crippen molar-refractivity contribution in [3.8, 4) is 153 Å². The molecule has 0 saturated heterocycles. The molecule has 18 aromatic carbocycles. The molecule has 9 heterocycles. The Bertz CT molecular complexity index is 9770. The van der Waals surface area contributed by atoms with E-state index in [1.54, 1.807) is 0 Å². The molecule has 27 aromatic rings. The number of nitrogens with zero attached hydrogens (tertiary/aromatic N) is 15. The SMILES string of the molecule is CC1(C)c2ccccc2-c2cc3c4ccccc4n(-c4ccc(-c5nc(-c6ccccc6)nc(-c6ccc7ccccc7c6)n5)cn4)c3cc21.CC1(C)c2ccccc2-c2cc3c4ccccc4n(-c4ccc(-c5nc(-c6ccccc6)nc(-c6ccc7ccccc7c6)n5)nc4)c3cc21.CC1(C)c2ccccc2-c2cc3c4ccccc4n(-c4ccc(-c5nc(-c6ccccc6)nc(-c6cccc7ccccc67)n5)cn4)c3cc21. The van der Waals surface area contributed by atoms with Gasteiger partial charge in [0, 0.05) is 105 Å². The second-order valence-electron chi connectivity index (χ2n) is 40.7. The van der Waals surface area contributed by atoms with Gasteiger partial charge in [0.2, 0.25) is 0 Å². The van der Waals surface area contributed by atoms with Crippen molar-refractivity contribution in [1.29, 1.82) is 0 Å². The third-order valence-corrected chi connectivity index (χ3v) is 30.9. The predicted octanol–water partition coefficient (Wildman–Crippen LogP) is 32.5. The maximum absolute atomic E-state index is 5.08. The minimum Gasteiger partial charge on any atom is -0.308 e. The average Bonchev–Trinajstić information content (AvgIpc) is 1.56. The number of para-hydroxylation sites is 3. The largest absolute Gasteiger partial charge is 0.308 e. The lowest BCUT2D eigenvalue weighted by molar-refractivity contribution is 0.661. The van der Waals surface area contributed by atoms with Crippen LogP contribution in [0.2, 0.25) is 0 Å². The first kappa shape index (κ1) is 88.3. The molecule has 3 aliphatic rings. The summed E-state index contributed by atoms with van der Waals surface area (Å²) in [6.45, 7) is 14.0. The zero-order valence-corrected chi connectivity index (χ0v) is 83.0. The zero-order valence-electron chi connectivity index (χ0n) is 83.0. The molecule has 0 saturated carbocycles. The Labute approximate surface area is 865 Å². The molecule has 30 rings (SSSR count). The van der Waals surface area contributed by atoms with Gasteiger partial charge in [-0.3, -0.25) is 14.1 Å². The van der Waals surface area contributed by atoms with Crippen LogP contribution in [0.3, 0.4) is 0 Å². The van der Waals surface area contributed by atoms with E-state index in [2.05, 4.69) is 395 Å². The van der Waals surface area contributed by atoms with Gasteiger partial charge in [0.25, 0.3) is 0 Å². The molecule has 0 N–H and O–H groups in total. The van der Waals surface area contributed by atoms with Gasteiger partial charge in [0.05, 0.1) is 45.0 Å². The van der Waals surface area contributed by atoms with Crippen molar-refractivity contribution in [2.24, 2.45) is 0 Å². The third-order valence-electron chi connectivity index (χ3n) is 30.9. The number of benzene rings is 18. The van der Waals surface area contributed by atoms with E-state index in [0.717, 1.165) is 111 Å². The first-order chi connectivity index (χ1) is 73.6. The van der Waals surface area contributed by atoms with Gasteiger partial charge in [-0.1, -0.05) is 375 Å². The molecule has 0 amide bonds. The zero-order chi connectivity index (χ0) is 100. The Balaban J connectivity index is 0.000000108. The van der Waals surface area contributed by atoms with Crippen LogP contribution in [0.15, 0.2) is 455 Å². The Morgan fingerprint density at radius 1 is 0.167 bits per heavy atom. The lowest BCUT2D eigenvalue weighted by Crippen LogP contribution is -2.15. The normalized spacial score (nSPS) is 13.2. The summed E-state index contributed by atoms with van der Waals surface area (Å²) >= 11 is 0. The fourth-order valence-corrected chi connectivity index (χ4v) is 23.3. The number of rotatable bonds is 12. The first-order valence-corrected chi connectivity index (χ1v) is 50.9. The fourth-order valence-electron chi connectivity index (χ4n) is 23.3. The third kappa shape index (κ3) is 14.7. The summed E-state index contributed by atoms with van der Waals surface area (Å²) in [6, 6.07) is 153. The monoisotopic (exact) mass is 1920 g/mol. The quantitative estimate of drug-likeness (QED) is 0.114. The standard InChI is InChI=1S/3C45H31N5/c1-45(2)37-21-10-8-18-32(37)35-25-36-33-19-9-11-22-39(33)50(40(36)26-38(35)45)41-24-23-30(27-46-41)43-47-42(29-14-4-3-5-15-29)48-44(49-43)34-20-12-16-28-13-6-7-17-31(28)34;1-45(2)37-18-10-8-16-33(37)35-25-36-34-17-9-11-19-40(34)50(41(36)26-38(35)45)32-22-23-39(46-27-32)44-48-42(29-13-4-3-5-14-29)47-43(49-44)31-21-20-28-12-6-7-15-30(28)24-31;1-45(2)37-18-10-8-16-33(37)35-25-36-34-17-9-11-19-39(34)50(40(36)26-38(35)45)41-23-22-32(27-46-41)44-48-42(29-13-4-3-5-14-29)47-43(49-44)31-21-20-28-12-6-7-15-30(28)24-31/h3*3-27H,1-2H3. The molecule has 0 unspecified atom stereocenters. The smallest absolute Gasteiger partial charge is 0.182 e. The Hall–Kier alpha value is -19.4. The van der Waals surface area contributed by atoms with Crippen molar-refractivity contribution in [3.05, 3.63) is 489 Å². The van der Waals surface area contributed by atoms with Gasteiger partial charge in [-0.25, -0.2) is 54.8 Å². The number of aromatic nitrogens is 15. The van der Waals surface area contributed by atoms with E-state index < -0.39 is 0 Å². The van der Waals surface area contributed by atoms with Crippen molar-refractivity contribution in [3.63, 3.8) is 0 Å². The van der Waals surface area contributed by atoms with E-state index >= 15 is 0 Å². The van der Waals surface area contributed by atoms with Crippen molar-refractivity contribution >= 4 is 97.7 Å². The van der Waals surface area contributed by atoms with Gasteiger partial charge in [-0.2, -0.15) is 0 Å². The molecule has 150 heavy (non-hydrogen) atoms. The summed E-state index contributed by atoms with van der Waals surface area (Å²) in [7, 11) is 0. The minimum atomic E-state index is -0.102. The van der Waals surface area contributed by atoms with Crippen molar-refractivity contribution < 1.29 is 0 Å². The Morgan fingerprint density at radius 3 is 0.880 bits per heavy atom. The van der Waals surface area contributed by atoms with Crippen molar-refractivity contribution in [1.82, 2.24) is 73.5 Å². The maximum Gasteiger partial charge on any atom is 0.182 e. The molecule has 3 aliphatic carbocycles. The van der Waals surface area contributed by atoms with Crippen LogP contribution in [0.4, 0.5) is 0 Å². The van der Waals surface area contributed by atoms with Crippen LogP contribution in [-0.2, 0) is 16.2 Å². The van der Waals surface area contributed by atoms with Gasteiger partial charge in [-0.15, -0.1) is 0 Å². The highest BCUT2D eigenvalue weighted by molar-refractivity contribution is 6.15. The van der Waals surface area contributed by atoms with E-state index in [4.69, 9.17) is 59.8 Å². The first-order valence-electron chi connectivity index (χ1n) is 50.9. The molecule has 0 spiro atoms. The summed E-state index contributed by atoms with van der Waals surface area (Å²) in [5.74, 6) is 7.15. The molecule has 15 heteroatoms. The Morgan fingerprint density at radius 2 is 0.480 bits per heavy atom. The highest BCUT2D eigenvalue weighted by atomic mass is 15.1. The molecule has 15 nitrogen and oxygen atoms in total. The fraction of sp³-hybridized carbons (Fsp3) is 0.0667. The van der Waals surface area contributed by atoms with Crippen molar-refractivity contribution in [2.75, 3.05) is 0 Å². The van der Waals surface area contributed by atoms with Crippen LogP contribution in [0.5, 0.6) is 0 Å². The molecule has 0 aliphatic heterocycles. The van der Waals surface area contributed by atoms with Gasteiger partial charge in [0.1, 0.15) is 17.3 Å². The molecule has 0 atom stereocenters. The van der Waals surface area contributed by atoms with E-state index in [-0.39, 0.29) is 16.2 Å². The topological polar surface area (TPSA) is 169 Å². The van der Waals surface area contributed by atoms with Crippen LogP contribution in [0.25, 0.3) is 251 Å². The minimum absolute atomic E-state index is 0.0958. The Kier molecular flexibility index (Phi) is 20.6. The van der Waals surface area contributed by atoms with Crippen LogP contribution in [-0.4, -0.2) is 73.5 Å². The van der Waals surface area contributed by atoms with Crippen molar-refractivity contribution in [2.45, 2.75) is 57.8 Å². The number of hydrogen-bond acceptors (Lipinski definition) is 12. The van der Waals surface area contributed by atoms with E-state index in [1.807, 2.05) is 116 Å². The number of pyridine rings is 3.